The van der Waals surface area contributed by atoms with Gasteiger partial charge in [0, 0.05) is 0 Å². The molecule has 0 heteroatoms. The average molecular weight is 339 g/mol. The van der Waals surface area contributed by atoms with Crippen LogP contribution in [0.15, 0.2) is 0 Å². The van der Waals surface area contributed by atoms with Crippen molar-refractivity contribution < 1.29 is 0 Å². The molecule has 24 heavy (non-hydrogen) atoms. The lowest BCUT2D eigenvalue weighted by atomic mass is 9.75. The van der Waals surface area contributed by atoms with Gasteiger partial charge < -0.3 is 0 Å². The zero-order valence-electron chi connectivity index (χ0n) is 18.2. The highest BCUT2D eigenvalue weighted by Gasteiger charge is 2.22. The molecule has 0 rings (SSSR count). The maximum atomic E-state index is 2.48. The molecule has 0 bridgehead atoms. The molecule has 3 unspecified atom stereocenters. The molecule has 0 nitrogen and oxygen atoms in total. The average Bonchev–Trinajstić information content (AvgIpc) is 2.56. The first-order valence-corrected chi connectivity index (χ1v) is 11.6. The summed E-state index contributed by atoms with van der Waals surface area (Å²) in [6.45, 7) is 14.4. The van der Waals surface area contributed by atoms with Gasteiger partial charge in [-0.2, -0.15) is 0 Å². The first-order chi connectivity index (χ1) is 11.6. The quantitative estimate of drug-likeness (QED) is 0.232. The molecule has 146 valence electrons. The van der Waals surface area contributed by atoms with E-state index in [1.165, 1.54) is 89.9 Å². The summed E-state index contributed by atoms with van der Waals surface area (Å²) < 4.78 is 0. The number of unbranched alkanes of at least 4 members (excludes halogenated alkanes) is 8. The van der Waals surface area contributed by atoms with Gasteiger partial charge in [-0.15, -0.1) is 0 Å². The highest BCUT2D eigenvalue weighted by Crippen LogP contribution is 2.34. The third kappa shape index (κ3) is 12.4. The normalized spacial score (nSPS) is 15.6. The van der Waals surface area contributed by atoms with Crippen molar-refractivity contribution >= 4 is 0 Å². The predicted octanol–water partition coefficient (Wildman–Crippen LogP) is 9.03. The van der Waals surface area contributed by atoms with Gasteiger partial charge in [0.1, 0.15) is 0 Å². The van der Waals surface area contributed by atoms with Gasteiger partial charge in [0.25, 0.3) is 0 Å². The number of hydrogen-bond donors (Lipinski definition) is 0. The molecule has 0 saturated carbocycles. The first-order valence-electron chi connectivity index (χ1n) is 11.6. The molecule has 3 atom stereocenters. The van der Waals surface area contributed by atoms with Gasteiger partial charge in [-0.25, -0.2) is 0 Å². The molecule has 0 heterocycles. The van der Waals surface area contributed by atoms with Crippen molar-refractivity contribution in [1.82, 2.24) is 0 Å². The van der Waals surface area contributed by atoms with Crippen molar-refractivity contribution in [3.63, 3.8) is 0 Å². The fraction of sp³-hybridized carbons (Fsp3) is 1.00. The summed E-state index contributed by atoms with van der Waals surface area (Å²) in [7, 11) is 0. The zero-order valence-corrected chi connectivity index (χ0v) is 18.2. The molecule has 0 aliphatic heterocycles. The second kappa shape index (κ2) is 16.5. The Morgan fingerprint density at radius 1 is 0.542 bits per heavy atom. The summed E-state index contributed by atoms with van der Waals surface area (Å²) in [5.74, 6) is 3.70. The Kier molecular flexibility index (Phi) is 16.5. The fourth-order valence-corrected chi connectivity index (χ4v) is 4.09. The van der Waals surface area contributed by atoms with E-state index in [0.717, 1.165) is 23.7 Å². The van der Waals surface area contributed by atoms with Gasteiger partial charge in [-0.05, 0) is 30.1 Å². The summed E-state index contributed by atoms with van der Waals surface area (Å²) in [6, 6.07) is 0. The van der Waals surface area contributed by atoms with E-state index < -0.39 is 0 Å². The lowest BCUT2D eigenvalue weighted by Crippen LogP contribution is -2.19. The van der Waals surface area contributed by atoms with Crippen molar-refractivity contribution in [2.75, 3.05) is 0 Å². The molecular formula is C24H50. The fourth-order valence-electron chi connectivity index (χ4n) is 4.09. The molecule has 0 amide bonds. The van der Waals surface area contributed by atoms with E-state index in [1.54, 1.807) is 0 Å². The van der Waals surface area contributed by atoms with Gasteiger partial charge in [0.15, 0.2) is 0 Å². The SMILES string of the molecule is CCCCCCCCCC(CC)C(CCCCC)CC(C)C(C)C. The Balaban J connectivity index is 4.24. The lowest BCUT2D eigenvalue weighted by Gasteiger charge is -2.30. The van der Waals surface area contributed by atoms with Crippen LogP contribution in [-0.4, -0.2) is 0 Å². The van der Waals surface area contributed by atoms with E-state index in [0.29, 0.717) is 0 Å². The highest BCUT2D eigenvalue weighted by atomic mass is 14.3. The second-order valence-electron chi connectivity index (χ2n) is 8.79. The third-order valence-electron chi connectivity index (χ3n) is 6.36. The van der Waals surface area contributed by atoms with Gasteiger partial charge in [-0.1, -0.05) is 125 Å². The minimum absolute atomic E-state index is 0.842. The molecule has 0 aliphatic carbocycles. The van der Waals surface area contributed by atoms with Crippen LogP contribution in [0, 0.1) is 23.7 Å². The zero-order chi connectivity index (χ0) is 18.2. The van der Waals surface area contributed by atoms with Gasteiger partial charge in [-0.3, -0.25) is 0 Å². The lowest BCUT2D eigenvalue weighted by molar-refractivity contribution is 0.207. The van der Waals surface area contributed by atoms with E-state index in [4.69, 9.17) is 0 Å². The smallest absolute Gasteiger partial charge is 0.0383 e. The summed E-state index contributed by atoms with van der Waals surface area (Å²) >= 11 is 0. The summed E-state index contributed by atoms with van der Waals surface area (Å²) in [5, 5.41) is 0. The molecule has 0 N–H and O–H groups in total. The van der Waals surface area contributed by atoms with Crippen molar-refractivity contribution in [3.05, 3.63) is 0 Å². The maximum Gasteiger partial charge on any atom is -0.0383 e. The molecule has 0 radical (unpaired) electrons. The Labute approximate surface area is 155 Å². The number of hydrogen-bond acceptors (Lipinski definition) is 0. The van der Waals surface area contributed by atoms with Gasteiger partial charge in [0.2, 0.25) is 0 Å². The Morgan fingerprint density at radius 2 is 1.00 bits per heavy atom. The summed E-state index contributed by atoms with van der Waals surface area (Å²) in [6.07, 6.45) is 20.2. The van der Waals surface area contributed by atoms with Crippen LogP contribution in [0.25, 0.3) is 0 Å². The van der Waals surface area contributed by atoms with Crippen molar-refractivity contribution in [2.24, 2.45) is 23.7 Å². The standard InChI is InChI=1S/C24H50/c1-7-10-12-13-14-15-17-18-23(9-3)24(19-16-11-8-2)20-22(6)21(4)5/h21-24H,7-20H2,1-6H3. The van der Waals surface area contributed by atoms with E-state index in [-0.39, 0.29) is 0 Å². The van der Waals surface area contributed by atoms with Crippen LogP contribution < -0.4 is 0 Å². The van der Waals surface area contributed by atoms with Crippen LogP contribution in [-0.2, 0) is 0 Å². The molecule has 0 fully saturated rings. The molecule has 0 aromatic carbocycles. The minimum atomic E-state index is 0.842. The van der Waals surface area contributed by atoms with Gasteiger partial charge in [0.05, 0.1) is 0 Å². The maximum absolute atomic E-state index is 2.48. The predicted molar refractivity (Wildman–Crippen MR) is 113 cm³/mol. The largest absolute Gasteiger partial charge is 0.0654 e. The van der Waals surface area contributed by atoms with Crippen LogP contribution in [0.4, 0.5) is 0 Å². The van der Waals surface area contributed by atoms with E-state index in [2.05, 4.69) is 41.5 Å². The second-order valence-corrected chi connectivity index (χ2v) is 8.79. The first kappa shape index (κ1) is 24.0. The van der Waals surface area contributed by atoms with Crippen LogP contribution >= 0.6 is 0 Å². The Hall–Kier alpha value is 0. The van der Waals surface area contributed by atoms with Crippen LogP contribution in [0.2, 0.25) is 0 Å². The Bertz CT molecular complexity index is 242. The van der Waals surface area contributed by atoms with Crippen molar-refractivity contribution in [3.8, 4) is 0 Å². The van der Waals surface area contributed by atoms with Crippen LogP contribution in [0.3, 0.4) is 0 Å². The van der Waals surface area contributed by atoms with Crippen molar-refractivity contribution in [2.45, 2.75) is 131 Å². The van der Waals surface area contributed by atoms with E-state index >= 15 is 0 Å². The van der Waals surface area contributed by atoms with E-state index in [1.807, 2.05) is 0 Å². The monoisotopic (exact) mass is 338 g/mol. The number of rotatable bonds is 17. The molecule has 0 saturated heterocycles. The van der Waals surface area contributed by atoms with Gasteiger partial charge >= 0.3 is 0 Å². The van der Waals surface area contributed by atoms with Crippen LogP contribution in [0.5, 0.6) is 0 Å². The molecule has 0 aromatic rings. The van der Waals surface area contributed by atoms with E-state index in [9.17, 15) is 0 Å². The summed E-state index contributed by atoms with van der Waals surface area (Å²) in [4.78, 5) is 0. The summed E-state index contributed by atoms with van der Waals surface area (Å²) in [5.41, 5.74) is 0. The third-order valence-corrected chi connectivity index (χ3v) is 6.36. The Morgan fingerprint density at radius 3 is 1.54 bits per heavy atom. The molecule has 0 aliphatic rings. The molecule has 0 spiro atoms. The topological polar surface area (TPSA) is 0 Å². The van der Waals surface area contributed by atoms with Crippen molar-refractivity contribution in [1.29, 1.82) is 0 Å². The highest BCUT2D eigenvalue weighted by molar-refractivity contribution is 4.73. The van der Waals surface area contributed by atoms with Crippen LogP contribution in [0.1, 0.15) is 131 Å². The molecular weight excluding hydrogens is 288 g/mol. The minimum Gasteiger partial charge on any atom is -0.0654 e. The molecule has 0 aromatic heterocycles.